The van der Waals surface area contributed by atoms with Gasteiger partial charge in [0.2, 0.25) is 0 Å². The average molecular weight is 177 g/mol. The highest BCUT2D eigenvalue weighted by atomic mass is 15.0. The lowest BCUT2D eigenvalue weighted by Crippen LogP contribution is -2.12. The second-order valence-corrected chi connectivity index (χ2v) is 4.06. The molecule has 0 N–H and O–H groups in total. The van der Waals surface area contributed by atoms with Crippen LogP contribution in [0.3, 0.4) is 0 Å². The Balaban J connectivity index is 2.52. The number of hydrogen-bond donors (Lipinski definition) is 0. The van der Waals surface area contributed by atoms with Gasteiger partial charge in [-0.2, -0.15) is 0 Å². The molecule has 1 aliphatic rings. The predicted molar refractivity (Wildman–Crippen MR) is 58.8 cm³/mol. The van der Waals surface area contributed by atoms with E-state index in [1.807, 2.05) is 0 Å². The van der Waals surface area contributed by atoms with Crippen LogP contribution in [-0.2, 0) is 0 Å². The first kappa shape index (κ1) is 10.3. The monoisotopic (exact) mass is 177 g/mol. The Labute approximate surface area is 81.4 Å². The zero-order valence-corrected chi connectivity index (χ0v) is 9.09. The molecular formula is C12H19N. The van der Waals surface area contributed by atoms with E-state index in [2.05, 4.69) is 51.1 Å². The van der Waals surface area contributed by atoms with E-state index in [0.29, 0.717) is 0 Å². The van der Waals surface area contributed by atoms with Gasteiger partial charge in [-0.3, -0.25) is 0 Å². The van der Waals surface area contributed by atoms with E-state index in [1.54, 1.807) is 0 Å². The second-order valence-electron chi connectivity index (χ2n) is 4.06. The quantitative estimate of drug-likeness (QED) is 0.640. The highest BCUT2D eigenvalue weighted by molar-refractivity contribution is 5.47. The van der Waals surface area contributed by atoms with Crippen LogP contribution in [0.4, 0.5) is 0 Å². The van der Waals surface area contributed by atoms with Crippen molar-refractivity contribution in [1.29, 1.82) is 0 Å². The number of nitrogens with zero attached hydrogens (tertiary/aromatic N) is 1. The minimum atomic E-state index is 1.13. The van der Waals surface area contributed by atoms with E-state index in [4.69, 9.17) is 0 Å². The Bertz CT molecular complexity index is 263. The Kier molecular flexibility index (Phi) is 3.49. The van der Waals surface area contributed by atoms with Gasteiger partial charge in [-0.1, -0.05) is 23.8 Å². The van der Waals surface area contributed by atoms with E-state index < -0.39 is 0 Å². The van der Waals surface area contributed by atoms with Crippen molar-refractivity contribution in [3.63, 3.8) is 0 Å². The molecule has 0 atom stereocenters. The highest BCUT2D eigenvalue weighted by Gasteiger charge is 2.03. The zero-order valence-electron chi connectivity index (χ0n) is 9.09. The summed E-state index contributed by atoms with van der Waals surface area (Å²) < 4.78 is 0. The predicted octanol–water partition coefficient (Wildman–Crippen LogP) is 2.77. The molecule has 1 rings (SSSR count). The van der Waals surface area contributed by atoms with Gasteiger partial charge in [0, 0.05) is 6.54 Å². The van der Waals surface area contributed by atoms with E-state index in [1.165, 1.54) is 16.7 Å². The Morgan fingerprint density at radius 1 is 1.23 bits per heavy atom. The van der Waals surface area contributed by atoms with Gasteiger partial charge in [-0.25, -0.2) is 0 Å². The van der Waals surface area contributed by atoms with E-state index in [0.717, 1.165) is 13.0 Å². The van der Waals surface area contributed by atoms with Crippen LogP contribution in [0.5, 0.6) is 0 Å². The molecule has 0 spiro atoms. The Hall–Kier alpha value is -0.820. The van der Waals surface area contributed by atoms with Crippen molar-refractivity contribution in [2.75, 3.05) is 20.6 Å². The standard InChI is InChI=1S/C12H19N/c1-10(2)12-6-5-11(9-12)7-8-13(3)4/h5-6,9H,7-8H2,1-4H3. The molecule has 0 saturated heterocycles. The lowest BCUT2D eigenvalue weighted by Gasteiger charge is -2.08. The summed E-state index contributed by atoms with van der Waals surface area (Å²) in [5.41, 5.74) is 4.23. The van der Waals surface area contributed by atoms with Gasteiger partial charge in [-0.05, 0) is 45.5 Å². The number of allylic oxidation sites excluding steroid dienone is 5. The van der Waals surface area contributed by atoms with Crippen molar-refractivity contribution in [1.82, 2.24) is 4.90 Å². The van der Waals surface area contributed by atoms with Gasteiger partial charge in [0.1, 0.15) is 0 Å². The lowest BCUT2D eigenvalue weighted by atomic mass is 10.1. The van der Waals surface area contributed by atoms with E-state index >= 15 is 0 Å². The van der Waals surface area contributed by atoms with Crippen LogP contribution in [0.25, 0.3) is 0 Å². The summed E-state index contributed by atoms with van der Waals surface area (Å²) in [5.74, 6) is 0. The summed E-state index contributed by atoms with van der Waals surface area (Å²) in [6.07, 6.45) is 7.88. The molecule has 0 amide bonds. The minimum Gasteiger partial charge on any atom is -0.309 e. The molecule has 13 heavy (non-hydrogen) atoms. The fraction of sp³-hybridized carbons (Fsp3) is 0.500. The van der Waals surface area contributed by atoms with Gasteiger partial charge >= 0.3 is 0 Å². The fourth-order valence-corrected chi connectivity index (χ4v) is 1.31. The third kappa shape index (κ3) is 3.19. The van der Waals surface area contributed by atoms with Crippen molar-refractivity contribution in [3.8, 4) is 0 Å². The van der Waals surface area contributed by atoms with E-state index in [-0.39, 0.29) is 0 Å². The molecule has 0 aromatic carbocycles. The molecule has 0 heterocycles. The zero-order chi connectivity index (χ0) is 9.84. The molecule has 72 valence electrons. The summed E-state index contributed by atoms with van der Waals surface area (Å²) in [6.45, 7) is 5.45. The second kappa shape index (κ2) is 4.43. The summed E-state index contributed by atoms with van der Waals surface area (Å²) in [4.78, 5) is 2.22. The summed E-state index contributed by atoms with van der Waals surface area (Å²) in [6, 6.07) is 0. The van der Waals surface area contributed by atoms with Crippen molar-refractivity contribution in [2.24, 2.45) is 0 Å². The topological polar surface area (TPSA) is 3.24 Å². The minimum absolute atomic E-state index is 1.13. The van der Waals surface area contributed by atoms with Gasteiger partial charge in [0.25, 0.3) is 0 Å². The molecule has 0 bridgehead atoms. The van der Waals surface area contributed by atoms with Crippen LogP contribution in [0.15, 0.2) is 34.9 Å². The van der Waals surface area contributed by atoms with Crippen molar-refractivity contribution in [2.45, 2.75) is 20.3 Å². The fourth-order valence-electron chi connectivity index (χ4n) is 1.31. The first-order valence-electron chi connectivity index (χ1n) is 4.80. The van der Waals surface area contributed by atoms with Crippen LogP contribution < -0.4 is 0 Å². The molecule has 0 radical (unpaired) electrons. The average Bonchev–Trinajstić information content (AvgIpc) is 2.48. The molecule has 0 aromatic rings. The maximum atomic E-state index is 2.29. The number of hydrogen-bond acceptors (Lipinski definition) is 1. The van der Waals surface area contributed by atoms with Crippen LogP contribution >= 0.6 is 0 Å². The third-order valence-corrected chi connectivity index (χ3v) is 2.24. The molecule has 0 saturated carbocycles. The van der Waals surface area contributed by atoms with Crippen LogP contribution in [0.1, 0.15) is 20.3 Å². The molecule has 1 nitrogen and oxygen atoms in total. The SMILES string of the molecule is CC(C)=C1C=CC(CCN(C)C)=C1. The molecule has 0 aliphatic heterocycles. The Morgan fingerprint density at radius 2 is 1.92 bits per heavy atom. The smallest absolute Gasteiger partial charge is 0.00157 e. The van der Waals surface area contributed by atoms with Gasteiger partial charge < -0.3 is 4.90 Å². The van der Waals surface area contributed by atoms with Crippen molar-refractivity contribution in [3.05, 3.63) is 34.9 Å². The normalized spacial score (nSPS) is 15.5. The maximum absolute atomic E-state index is 2.29. The number of rotatable bonds is 3. The maximum Gasteiger partial charge on any atom is 0.00157 e. The summed E-state index contributed by atoms with van der Waals surface area (Å²) in [7, 11) is 4.22. The van der Waals surface area contributed by atoms with Gasteiger partial charge in [-0.15, -0.1) is 0 Å². The van der Waals surface area contributed by atoms with Crippen LogP contribution in [0.2, 0.25) is 0 Å². The molecule has 0 fully saturated rings. The molecule has 0 aromatic heterocycles. The first-order chi connectivity index (χ1) is 6.09. The molecule has 1 heteroatoms. The van der Waals surface area contributed by atoms with E-state index in [9.17, 15) is 0 Å². The van der Waals surface area contributed by atoms with Crippen molar-refractivity contribution >= 4 is 0 Å². The molecular weight excluding hydrogens is 158 g/mol. The third-order valence-electron chi connectivity index (χ3n) is 2.24. The summed E-state index contributed by atoms with van der Waals surface area (Å²) >= 11 is 0. The summed E-state index contributed by atoms with van der Waals surface area (Å²) in [5, 5.41) is 0. The first-order valence-corrected chi connectivity index (χ1v) is 4.80. The van der Waals surface area contributed by atoms with Crippen LogP contribution in [0, 0.1) is 0 Å². The van der Waals surface area contributed by atoms with Crippen LogP contribution in [-0.4, -0.2) is 25.5 Å². The molecule has 1 aliphatic carbocycles. The van der Waals surface area contributed by atoms with Crippen molar-refractivity contribution < 1.29 is 0 Å². The largest absolute Gasteiger partial charge is 0.309 e. The lowest BCUT2D eigenvalue weighted by molar-refractivity contribution is 0.414. The highest BCUT2D eigenvalue weighted by Crippen LogP contribution is 2.20. The Morgan fingerprint density at radius 3 is 2.38 bits per heavy atom. The van der Waals surface area contributed by atoms with Gasteiger partial charge in [0.15, 0.2) is 0 Å². The van der Waals surface area contributed by atoms with Gasteiger partial charge in [0.05, 0.1) is 0 Å². The molecule has 0 unspecified atom stereocenters.